The third kappa shape index (κ3) is 2.18. The third-order valence-corrected chi connectivity index (χ3v) is 5.62. The molecule has 0 bridgehead atoms. The number of carbonyl (C=O) groups is 2. The fourth-order valence-corrected chi connectivity index (χ4v) is 3.96. The summed E-state index contributed by atoms with van der Waals surface area (Å²) in [5.74, 6) is 0.517. The molecule has 7 heteroatoms. The molecule has 2 aromatic rings. The monoisotopic (exact) mass is 344 g/mol. The van der Waals surface area contributed by atoms with Gasteiger partial charge in [-0.25, -0.2) is 0 Å². The Balaban J connectivity index is 1.62. The van der Waals surface area contributed by atoms with Crippen molar-refractivity contribution in [2.45, 2.75) is 45.7 Å². The van der Waals surface area contributed by atoms with Crippen molar-refractivity contribution in [1.82, 2.24) is 15.1 Å². The molecular weight excluding hydrogens is 324 g/mol. The Bertz CT molecular complexity index is 812. The molecule has 0 saturated heterocycles. The van der Waals surface area contributed by atoms with E-state index in [2.05, 4.69) is 15.5 Å². The van der Waals surface area contributed by atoms with Crippen LogP contribution in [0.4, 0.5) is 5.82 Å². The van der Waals surface area contributed by atoms with Crippen LogP contribution in [-0.4, -0.2) is 26.9 Å². The summed E-state index contributed by atoms with van der Waals surface area (Å²) in [6.45, 7) is 6.32. The lowest BCUT2D eigenvalue weighted by Gasteiger charge is -2.31. The number of rotatable bonds is 2. The largest absolute Gasteiger partial charge is 0.326 e. The Hall–Kier alpha value is -2.15. The van der Waals surface area contributed by atoms with Crippen LogP contribution < -0.4 is 5.32 Å². The summed E-state index contributed by atoms with van der Waals surface area (Å²) < 4.78 is 0. The van der Waals surface area contributed by atoms with E-state index in [4.69, 9.17) is 0 Å². The van der Waals surface area contributed by atoms with Gasteiger partial charge in [-0.15, -0.1) is 11.3 Å². The zero-order valence-electron chi connectivity index (χ0n) is 14.0. The fraction of sp³-hybridized carbons (Fsp3) is 0.471. The summed E-state index contributed by atoms with van der Waals surface area (Å²) in [5, 5.41) is 12.1. The average molecular weight is 344 g/mol. The number of thiophene rings is 1. The summed E-state index contributed by atoms with van der Waals surface area (Å²) in [4.78, 5) is 27.7. The van der Waals surface area contributed by atoms with E-state index < -0.39 is 5.41 Å². The lowest BCUT2D eigenvalue weighted by atomic mass is 9.94. The van der Waals surface area contributed by atoms with Crippen molar-refractivity contribution in [3.63, 3.8) is 0 Å². The van der Waals surface area contributed by atoms with Crippen molar-refractivity contribution >= 4 is 29.0 Å². The van der Waals surface area contributed by atoms with Crippen LogP contribution in [0.1, 0.15) is 54.5 Å². The van der Waals surface area contributed by atoms with Crippen molar-refractivity contribution in [3.8, 4) is 0 Å². The minimum Gasteiger partial charge on any atom is -0.326 e. The van der Waals surface area contributed by atoms with E-state index >= 15 is 0 Å². The first-order chi connectivity index (χ1) is 11.3. The number of nitrogens with zero attached hydrogens (tertiary/aromatic N) is 2. The number of anilines is 1. The van der Waals surface area contributed by atoms with Gasteiger partial charge < -0.3 is 10.2 Å². The lowest BCUT2D eigenvalue weighted by molar-refractivity contribution is -0.143. The standard InChI is InChI=1S/C17H20N4O2S/c1-16(2,3)15(23)21-9-10-12(17(21)6-7-17)19-20-13(10)18-14(22)11-5-4-8-24-11/h4-5,8H,6-7,9H2,1-3H3,(H2,18,19,20,22). The van der Waals surface area contributed by atoms with Crippen molar-refractivity contribution in [2.24, 2.45) is 5.41 Å². The van der Waals surface area contributed by atoms with E-state index in [1.807, 2.05) is 37.1 Å². The molecule has 1 aliphatic heterocycles. The molecule has 4 rings (SSSR count). The SMILES string of the molecule is CC(C)(C)C(=O)N1Cc2c(NC(=O)c3cccs3)n[nH]c2C12CC2. The average Bonchev–Trinajstić information content (AvgIpc) is 2.89. The second-order valence-corrected chi connectivity index (χ2v) is 8.48. The Kier molecular flexibility index (Phi) is 3.16. The minimum absolute atomic E-state index is 0.139. The van der Waals surface area contributed by atoms with Gasteiger partial charge in [0.1, 0.15) is 0 Å². The van der Waals surface area contributed by atoms with Gasteiger partial charge >= 0.3 is 0 Å². The molecule has 1 fully saturated rings. The molecular formula is C17H20N4O2S. The van der Waals surface area contributed by atoms with Crippen LogP contribution >= 0.6 is 11.3 Å². The normalized spacial score (nSPS) is 17.9. The highest BCUT2D eigenvalue weighted by atomic mass is 32.1. The van der Waals surface area contributed by atoms with Crippen LogP contribution in [0.2, 0.25) is 0 Å². The Morgan fingerprint density at radius 1 is 1.38 bits per heavy atom. The fourth-order valence-electron chi connectivity index (χ4n) is 3.34. The van der Waals surface area contributed by atoms with Gasteiger partial charge in [0.2, 0.25) is 5.91 Å². The van der Waals surface area contributed by atoms with Crippen molar-refractivity contribution in [2.75, 3.05) is 5.32 Å². The Labute approximate surface area is 144 Å². The second kappa shape index (κ2) is 4.92. The van der Waals surface area contributed by atoms with E-state index in [-0.39, 0.29) is 17.4 Å². The smallest absolute Gasteiger partial charge is 0.266 e. The molecule has 2 N–H and O–H groups in total. The highest BCUT2D eigenvalue weighted by molar-refractivity contribution is 7.12. The van der Waals surface area contributed by atoms with Gasteiger partial charge in [-0.1, -0.05) is 26.8 Å². The molecule has 0 atom stereocenters. The second-order valence-electron chi connectivity index (χ2n) is 7.53. The highest BCUT2D eigenvalue weighted by Crippen LogP contribution is 2.57. The van der Waals surface area contributed by atoms with Crippen molar-refractivity contribution in [1.29, 1.82) is 0 Å². The molecule has 1 spiro atoms. The topological polar surface area (TPSA) is 78.1 Å². The van der Waals surface area contributed by atoms with Gasteiger partial charge in [-0.3, -0.25) is 14.7 Å². The molecule has 0 aromatic carbocycles. The Morgan fingerprint density at radius 2 is 2.12 bits per heavy atom. The van der Waals surface area contributed by atoms with Crippen LogP contribution in [0, 0.1) is 5.41 Å². The predicted octanol–water partition coefficient (Wildman–Crippen LogP) is 3.10. The maximum absolute atomic E-state index is 12.8. The van der Waals surface area contributed by atoms with E-state index in [0.717, 1.165) is 24.1 Å². The summed E-state index contributed by atoms with van der Waals surface area (Å²) >= 11 is 1.39. The number of hydrogen-bond donors (Lipinski definition) is 2. The lowest BCUT2D eigenvalue weighted by Crippen LogP contribution is -2.42. The maximum Gasteiger partial charge on any atom is 0.266 e. The predicted molar refractivity (Wildman–Crippen MR) is 91.8 cm³/mol. The van der Waals surface area contributed by atoms with Crippen LogP contribution in [0.15, 0.2) is 17.5 Å². The molecule has 2 aromatic heterocycles. The molecule has 126 valence electrons. The van der Waals surface area contributed by atoms with E-state index in [1.165, 1.54) is 11.3 Å². The molecule has 3 heterocycles. The van der Waals surface area contributed by atoms with Gasteiger partial charge in [0.05, 0.1) is 22.7 Å². The summed E-state index contributed by atoms with van der Waals surface area (Å²) in [7, 11) is 0. The zero-order chi connectivity index (χ0) is 17.1. The number of fused-ring (bicyclic) bond motifs is 2. The van der Waals surface area contributed by atoms with Crippen LogP contribution in [0.5, 0.6) is 0 Å². The maximum atomic E-state index is 12.8. The minimum atomic E-state index is -0.424. The van der Waals surface area contributed by atoms with Crippen molar-refractivity contribution < 1.29 is 9.59 Å². The molecule has 1 aliphatic carbocycles. The molecule has 0 unspecified atom stereocenters. The number of H-pyrrole nitrogens is 1. The first-order valence-electron chi connectivity index (χ1n) is 8.07. The quantitative estimate of drug-likeness (QED) is 0.879. The molecule has 1 saturated carbocycles. The molecule has 6 nitrogen and oxygen atoms in total. The molecule has 2 amide bonds. The van der Waals surface area contributed by atoms with E-state index in [0.29, 0.717) is 17.2 Å². The van der Waals surface area contributed by atoms with Crippen LogP contribution in [0.25, 0.3) is 0 Å². The number of aromatic nitrogens is 2. The van der Waals surface area contributed by atoms with Gasteiger partial charge in [0, 0.05) is 11.0 Å². The van der Waals surface area contributed by atoms with Gasteiger partial charge in [-0.2, -0.15) is 5.10 Å². The number of amides is 2. The van der Waals surface area contributed by atoms with E-state index in [1.54, 1.807) is 6.07 Å². The first kappa shape index (κ1) is 15.4. The number of hydrogen-bond acceptors (Lipinski definition) is 4. The number of carbonyl (C=O) groups excluding carboxylic acids is 2. The first-order valence-corrected chi connectivity index (χ1v) is 8.95. The number of nitrogens with one attached hydrogen (secondary N) is 2. The molecule has 24 heavy (non-hydrogen) atoms. The van der Waals surface area contributed by atoms with E-state index in [9.17, 15) is 9.59 Å². The van der Waals surface area contributed by atoms with Crippen LogP contribution in [0.3, 0.4) is 0 Å². The van der Waals surface area contributed by atoms with Crippen LogP contribution in [-0.2, 0) is 16.9 Å². The van der Waals surface area contributed by atoms with Gasteiger partial charge in [-0.05, 0) is 24.3 Å². The van der Waals surface area contributed by atoms with Gasteiger partial charge in [0.15, 0.2) is 5.82 Å². The van der Waals surface area contributed by atoms with Crippen molar-refractivity contribution in [3.05, 3.63) is 33.6 Å². The summed E-state index contributed by atoms with van der Waals surface area (Å²) in [5.41, 5.74) is 1.27. The Morgan fingerprint density at radius 3 is 2.71 bits per heavy atom. The summed E-state index contributed by atoms with van der Waals surface area (Å²) in [6, 6.07) is 3.63. The third-order valence-electron chi connectivity index (χ3n) is 4.75. The van der Waals surface area contributed by atoms with Gasteiger partial charge in [0.25, 0.3) is 5.91 Å². The summed E-state index contributed by atoms with van der Waals surface area (Å²) in [6.07, 6.45) is 1.89. The molecule has 2 aliphatic rings. The number of aromatic amines is 1. The highest BCUT2D eigenvalue weighted by Gasteiger charge is 2.59. The molecule has 0 radical (unpaired) electrons. The zero-order valence-corrected chi connectivity index (χ0v) is 14.8.